The number of nitrogens with zero attached hydrogens (tertiary/aromatic N) is 6. The van der Waals surface area contributed by atoms with Crippen molar-refractivity contribution in [2.75, 3.05) is 27.4 Å². The Kier molecular flexibility index (Phi) is 27.2. The molecule has 3 heterocycles. The fraction of sp³-hybridized carbons (Fsp3) is 0.362. The van der Waals surface area contributed by atoms with E-state index in [0.29, 0.717) is 16.9 Å². The minimum Gasteiger partial charge on any atom is -0.497 e. The fourth-order valence-corrected chi connectivity index (χ4v) is 11.0. The molecule has 0 spiro atoms. The average molecular weight is 1350 g/mol. The minimum absolute atomic E-state index is 0. The molecule has 0 amide bonds. The second-order valence-corrected chi connectivity index (χ2v) is 21.8. The van der Waals surface area contributed by atoms with Gasteiger partial charge in [-0.3, -0.25) is 0 Å². The molecule has 93 heavy (non-hydrogen) atoms. The standard InChI is InChI=1S/C69H72N6O17.Y/c1-79-52-35-33-50(34-36-52)42-83-57-53(43-81-37-45-21-9-3-10-22-45)88-68(56(73-75-71)60(57)85-40-48-27-15-6-16-28-48)91-62-61(86-41-49-29-17-7-18-30-49)64(89-65(76)51-31-19-8-20-32-51)69(92-63(62)67(78)80-2)90-58-54(44-82-38-46-23-11-4-12-24-46)87-66(77)55(72-74-70)59(58)84-39-47-25-13-5-14-26-47;/h3-36,53-64,66,68-69,77H,37-44H2,1-2H3;/t53?,54?,55?,56?,57-,58-,59+,60+,61-,62+,63?,64?,66+,68-,69+;/m0./s1. The summed E-state index contributed by atoms with van der Waals surface area (Å²) in [6.45, 7) is -0.349. The molecule has 23 nitrogen and oxygen atoms in total. The number of benzene rings is 7. The van der Waals surface area contributed by atoms with Crippen LogP contribution in [-0.2, 0) is 139 Å². The second kappa shape index (κ2) is 36.3. The van der Waals surface area contributed by atoms with Crippen molar-refractivity contribution in [2.24, 2.45) is 10.2 Å². The Hall–Kier alpha value is -7.48. The number of azide groups is 2. The van der Waals surface area contributed by atoms with E-state index in [1.807, 2.05) is 164 Å². The van der Waals surface area contributed by atoms with Crippen LogP contribution in [0.5, 0.6) is 5.75 Å². The molecule has 3 aliphatic heterocycles. The molecule has 483 valence electrons. The van der Waals surface area contributed by atoms with Crippen molar-refractivity contribution in [2.45, 2.75) is 132 Å². The summed E-state index contributed by atoms with van der Waals surface area (Å²) in [5, 5.41) is 20.0. The van der Waals surface area contributed by atoms with Gasteiger partial charge in [0.25, 0.3) is 0 Å². The molecule has 6 unspecified atom stereocenters. The molecule has 0 aliphatic carbocycles. The summed E-state index contributed by atoms with van der Waals surface area (Å²) in [6, 6.07) is 59.0. The molecule has 3 saturated heterocycles. The number of carbonyl (C=O) groups excluding carboxylic acids is 2. The molecule has 10 rings (SSSR count). The SMILES string of the molecule is COC(=O)C1O[C@@H](O[C@H]2C(COCc3ccccc3)O[C@@H](O)C(N=[N+]=[N-])[C@H]2OCc2ccccc2)C(OC(=O)c2ccccc2)[C@@H](OCc2ccccc2)[C@H]1O[C@@H]1OC(COCc2ccccc2)[C@H](OCc2ccc(OC)cc2)[C@H](OCc2ccccc2)C1N=[N+]=[N-].[Y]. The molecule has 3 fully saturated rings. The number of rotatable bonds is 30. The van der Waals surface area contributed by atoms with Crippen LogP contribution in [0, 0.1) is 0 Å². The largest absolute Gasteiger partial charge is 0.497 e. The second-order valence-electron chi connectivity index (χ2n) is 21.8. The van der Waals surface area contributed by atoms with Gasteiger partial charge in [-0.25, -0.2) is 9.59 Å². The van der Waals surface area contributed by atoms with Gasteiger partial charge in [0, 0.05) is 42.5 Å². The average Bonchev–Trinajstić information content (AvgIpc) is 0.805. The molecule has 3 aliphatic rings. The van der Waals surface area contributed by atoms with E-state index in [2.05, 4.69) is 20.1 Å². The normalized spacial score (nSPS) is 25.8. The number of hydrogen-bond donors (Lipinski definition) is 1. The first-order valence-electron chi connectivity index (χ1n) is 30.0. The van der Waals surface area contributed by atoms with E-state index in [1.165, 1.54) is 0 Å². The van der Waals surface area contributed by atoms with Gasteiger partial charge < -0.3 is 71.4 Å². The van der Waals surface area contributed by atoms with Crippen molar-refractivity contribution in [1.82, 2.24) is 0 Å². The van der Waals surface area contributed by atoms with E-state index in [0.717, 1.165) is 29.4 Å². The van der Waals surface area contributed by atoms with Gasteiger partial charge in [0.1, 0.15) is 66.7 Å². The van der Waals surface area contributed by atoms with Gasteiger partial charge in [-0.2, -0.15) is 0 Å². The van der Waals surface area contributed by atoms with Gasteiger partial charge in [-0.1, -0.05) is 192 Å². The molecule has 24 heteroatoms. The van der Waals surface area contributed by atoms with Crippen molar-refractivity contribution in [3.63, 3.8) is 0 Å². The molecular formula is C69H72N6O17Y. The van der Waals surface area contributed by atoms with Crippen molar-refractivity contribution in [1.29, 1.82) is 0 Å². The number of ether oxygens (including phenoxy) is 14. The van der Waals surface area contributed by atoms with E-state index in [4.69, 9.17) is 66.3 Å². The van der Waals surface area contributed by atoms with Gasteiger partial charge in [-0.15, -0.1) is 0 Å². The van der Waals surface area contributed by atoms with E-state index in [1.54, 1.807) is 49.6 Å². The molecule has 1 N–H and O–H groups in total. The maximum Gasteiger partial charge on any atom is 0.338 e. The Bertz CT molecular complexity index is 3460. The van der Waals surface area contributed by atoms with E-state index in [9.17, 15) is 25.8 Å². The van der Waals surface area contributed by atoms with Crippen LogP contribution in [-0.4, -0.2) is 136 Å². The number of esters is 2. The Balaban J connectivity index is 0.0000102. The van der Waals surface area contributed by atoms with Crippen molar-refractivity contribution in [3.05, 3.63) is 266 Å². The molecule has 1 radical (unpaired) electrons. The molecule has 7 aromatic rings. The quantitative estimate of drug-likeness (QED) is 0.0189. The summed E-state index contributed by atoms with van der Waals surface area (Å²) in [5.74, 6) is -1.25. The molecule has 0 aromatic heterocycles. The summed E-state index contributed by atoms with van der Waals surface area (Å²) >= 11 is 0. The summed E-state index contributed by atoms with van der Waals surface area (Å²) in [7, 11) is 2.72. The molecular weight excluding hydrogens is 1270 g/mol. The molecule has 7 aromatic carbocycles. The Morgan fingerprint density at radius 2 is 0.860 bits per heavy atom. The summed E-state index contributed by atoms with van der Waals surface area (Å²) < 4.78 is 91.7. The van der Waals surface area contributed by atoms with E-state index >= 15 is 0 Å². The van der Waals surface area contributed by atoms with Crippen LogP contribution in [0.4, 0.5) is 0 Å². The summed E-state index contributed by atoms with van der Waals surface area (Å²) in [5.41, 5.74) is 25.3. The number of aliphatic hydroxyl groups excluding tert-OH is 1. The topological polar surface area (TPSA) is 281 Å². The van der Waals surface area contributed by atoms with Gasteiger partial charge in [0.05, 0.1) is 72.6 Å². The third-order valence-corrected chi connectivity index (χ3v) is 15.6. The van der Waals surface area contributed by atoms with Gasteiger partial charge in [0.15, 0.2) is 31.1 Å². The molecule has 15 atom stereocenters. The first-order chi connectivity index (χ1) is 45.2. The summed E-state index contributed by atoms with van der Waals surface area (Å²) in [6.07, 6.45) is -19.4. The van der Waals surface area contributed by atoms with E-state index < -0.39 is 104 Å². The maximum absolute atomic E-state index is 14.9. The van der Waals surface area contributed by atoms with Crippen LogP contribution in [0.2, 0.25) is 0 Å². The number of methoxy groups -OCH3 is 2. The van der Waals surface area contributed by atoms with Gasteiger partial charge >= 0.3 is 11.9 Å². The Morgan fingerprint density at radius 3 is 1.33 bits per heavy atom. The van der Waals surface area contributed by atoms with Crippen molar-refractivity contribution in [3.8, 4) is 5.75 Å². The smallest absolute Gasteiger partial charge is 0.338 e. The van der Waals surface area contributed by atoms with Crippen LogP contribution in [0.15, 0.2) is 216 Å². The van der Waals surface area contributed by atoms with E-state index in [-0.39, 0.29) is 91.1 Å². The number of hydrogen-bond acceptors (Lipinski definition) is 19. The Morgan fingerprint density at radius 1 is 0.452 bits per heavy atom. The van der Waals surface area contributed by atoms with Crippen LogP contribution in [0.3, 0.4) is 0 Å². The third-order valence-electron chi connectivity index (χ3n) is 15.6. The fourth-order valence-electron chi connectivity index (χ4n) is 11.0. The monoisotopic (exact) mass is 1350 g/mol. The zero-order valence-electron chi connectivity index (χ0n) is 51.2. The van der Waals surface area contributed by atoms with Crippen molar-refractivity contribution < 1.29 is 114 Å². The number of carbonyl (C=O) groups is 2. The van der Waals surface area contributed by atoms with Gasteiger partial charge in [0.2, 0.25) is 0 Å². The van der Waals surface area contributed by atoms with Crippen LogP contribution in [0.25, 0.3) is 20.9 Å². The third kappa shape index (κ3) is 19.3. The maximum atomic E-state index is 14.9. The summed E-state index contributed by atoms with van der Waals surface area (Å²) in [4.78, 5) is 36.0. The van der Waals surface area contributed by atoms with Crippen LogP contribution < -0.4 is 4.74 Å². The van der Waals surface area contributed by atoms with Crippen molar-refractivity contribution >= 4 is 11.9 Å². The predicted octanol–water partition coefficient (Wildman–Crippen LogP) is 10.5. The number of aliphatic hydroxyl groups is 1. The zero-order chi connectivity index (χ0) is 63.9. The zero-order valence-corrected chi connectivity index (χ0v) is 54.0. The Labute approximate surface area is 563 Å². The molecule has 0 bridgehead atoms. The minimum atomic E-state index is -1.85. The molecule has 0 saturated carbocycles. The predicted molar refractivity (Wildman–Crippen MR) is 330 cm³/mol. The van der Waals surface area contributed by atoms with Gasteiger partial charge in [-0.05, 0) is 68.7 Å². The van der Waals surface area contributed by atoms with Crippen LogP contribution in [0.1, 0.15) is 43.7 Å². The first kappa shape index (κ1) is 69.9. The first-order valence-corrected chi connectivity index (χ1v) is 30.0. The van der Waals surface area contributed by atoms with Crippen LogP contribution >= 0.6 is 0 Å².